The number of allylic oxidation sites excluding steroid dienone is 3. The summed E-state index contributed by atoms with van der Waals surface area (Å²) in [6.07, 6.45) is 7.21. The number of rotatable bonds is 6. The zero-order valence-corrected chi connectivity index (χ0v) is 16.0. The van der Waals surface area contributed by atoms with Crippen molar-refractivity contribution in [3.8, 4) is 0 Å². The number of carbonyl (C=O) groups excluding carboxylic acids is 1. The van der Waals surface area contributed by atoms with Crippen molar-refractivity contribution in [3.05, 3.63) is 41.5 Å². The van der Waals surface area contributed by atoms with E-state index in [0.717, 1.165) is 48.1 Å². The molecule has 0 saturated carbocycles. The zero-order chi connectivity index (χ0) is 19.6. The summed E-state index contributed by atoms with van der Waals surface area (Å²) >= 11 is 0. The highest BCUT2D eigenvalue weighted by atomic mass is 16.5. The smallest absolute Gasteiger partial charge is 0.255 e. The van der Waals surface area contributed by atoms with Crippen molar-refractivity contribution >= 4 is 22.6 Å². The Bertz CT molecular complexity index is 899. The molecule has 144 valence electrons. The number of aromatic amines is 1. The second-order valence-electron chi connectivity index (χ2n) is 7.12. The number of aromatic nitrogens is 3. The third-order valence-corrected chi connectivity index (χ3v) is 4.76. The van der Waals surface area contributed by atoms with Crippen molar-refractivity contribution in [2.24, 2.45) is 0 Å². The van der Waals surface area contributed by atoms with Crippen LogP contribution in [0, 0.1) is 0 Å². The number of amides is 1. The van der Waals surface area contributed by atoms with Crippen LogP contribution in [-0.4, -0.2) is 44.2 Å². The molecule has 2 aromatic heterocycles. The molecule has 5 N–H and O–H groups in total. The van der Waals surface area contributed by atoms with Crippen molar-refractivity contribution in [3.63, 3.8) is 0 Å². The summed E-state index contributed by atoms with van der Waals surface area (Å²) in [5.41, 5.74) is 6.19. The maximum atomic E-state index is 12.4. The Kier molecular flexibility index (Phi) is 5.57. The quantitative estimate of drug-likeness (QED) is 0.457. The third kappa shape index (κ3) is 3.86. The van der Waals surface area contributed by atoms with Crippen molar-refractivity contribution in [2.75, 3.05) is 7.05 Å². The van der Waals surface area contributed by atoms with E-state index >= 15 is 0 Å². The SMILES string of the molecule is C=C(C1=C(N(C)[NH2+]O)CCCC1)c1cnc2[nH]cc(C(=O)NC(C)C)c2n1. The molecule has 0 atom stereocenters. The molecule has 0 aliphatic heterocycles. The van der Waals surface area contributed by atoms with E-state index in [-0.39, 0.29) is 11.9 Å². The molecule has 1 aliphatic carbocycles. The Morgan fingerprint density at radius 3 is 2.85 bits per heavy atom. The number of carbonyl (C=O) groups is 1. The van der Waals surface area contributed by atoms with Crippen LogP contribution in [0.25, 0.3) is 16.7 Å². The van der Waals surface area contributed by atoms with E-state index in [1.54, 1.807) is 17.4 Å². The first-order chi connectivity index (χ1) is 12.9. The lowest BCUT2D eigenvalue weighted by Gasteiger charge is -2.25. The first-order valence-corrected chi connectivity index (χ1v) is 9.19. The largest absolute Gasteiger partial charge is 0.350 e. The van der Waals surface area contributed by atoms with Gasteiger partial charge in [0.2, 0.25) is 0 Å². The molecule has 0 radical (unpaired) electrons. The van der Waals surface area contributed by atoms with E-state index in [9.17, 15) is 10.0 Å². The van der Waals surface area contributed by atoms with Crippen LogP contribution in [0.3, 0.4) is 0 Å². The number of quaternary nitrogens is 1. The second kappa shape index (κ2) is 7.89. The second-order valence-corrected chi connectivity index (χ2v) is 7.12. The number of H-pyrrole nitrogens is 1. The maximum Gasteiger partial charge on any atom is 0.255 e. The molecule has 3 rings (SSSR count). The van der Waals surface area contributed by atoms with Crippen LogP contribution in [0.1, 0.15) is 55.6 Å². The van der Waals surface area contributed by atoms with Gasteiger partial charge in [-0.15, -0.1) is 5.59 Å². The summed E-state index contributed by atoms with van der Waals surface area (Å²) in [5.74, 6) is -0.180. The molecule has 8 nitrogen and oxygen atoms in total. The van der Waals surface area contributed by atoms with Gasteiger partial charge in [0.05, 0.1) is 30.2 Å². The number of nitrogens with zero attached hydrogens (tertiary/aromatic N) is 3. The fraction of sp³-hybridized carbons (Fsp3) is 0.421. The van der Waals surface area contributed by atoms with Crippen LogP contribution in [-0.2, 0) is 0 Å². The van der Waals surface area contributed by atoms with Gasteiger partial charge in [-0.1, -0.05) is 6.58 Å². The molecule has 1 amide bonds. The molecule has 0 spiro atoms. The van der Waals surface area contributed by atoms with Crippen molar-refractivity contribution in [1.29, 1.82) is 0 Å². The lowest BCUT2D eigenvalue weighted by atomic mass is 9.90. The average Bonchev–Trinajstić information content (AvgIpc) is 3.09. The highest BCUT2D eigenvalue weighted by Crippen LogP contribution is 2.34. The number of hydrogen-bond acceptors (Lipinski definition) is 5. The standard InChI is InChI=1S/C19H26N6O2/c1-11(2)22-19(26)14-9-20-18-17(14)23-15(10-21-18)12(3)13-7-5-6-8-16(13)25(4)24-27/h9-11,24,27H,3,5-8H2,1-2,4H3,(H,20,21)(H,22,26)/p+1. The van der Waals surface area contributed by atoms with Crippen molar-refractivity contribution < 1.29 is 15.6 Å². The Labute approximate surface area is 158 Å². The van der Waals surface area contributed by atoms with Gasteiger partial charge < -0.3 is 10.3 Å². The number of hydrogen-bond donors (Lipinski definition) is 4. The summed E-state index contributed by atoms with van der Waals surface area (Å²) in [6.45, 7) is 8.06. The van der Waals surface area contributed by atoms with Crippen LogP contribution in [0.15, 0.2) is 30.2 Å². The minimum absolute atomic E-state index is 0.0359. The molecule has 0 fully saturated rings. The Morgan fingerprint density at radius 2 is 2.15 bits per heavy atom. The highest BCUT2D eigenvalue weighted by Gasteiger charge is 2.22. The normalized spacial score (nSPS) is 14.7. The van der Waals surface area contributed by atoms with Crippen LogP contribution in [0.5, 0.6) is 0 Å². The molecular weight excluding hydrogens is 344 g/mol. The molecule has 1 aliphatic rings. The third-order valence-electron chi connectivity index (χ3n) is 4.76. The highest BCUT2D eigenvalue weighted by molar-refractivity contribution is 6.04. The van der Waals surface area contributed by atoms with Gasteiger partial charge >= 0.3 is 0 Å². The predicted octanol–water partition coefficient (Wildman–Crippen LogP) is 1.74. The Hall–Kier alpha value is -2.71. The summed E-state index contributed by atoms with van der Waals surface area (Å²) in [6, 6.07) is 0.0359. The van der Waals surface area contributed by atoms with Gasteiger partial charge in [-0.25, -0.2) is 15.0 Å². The first-order valence-electron chi connectivity index (χ1n) is 9.19. The monoisotopic (exact) mass is 371 g/mol. The molecule has 0 unspecified atom stereocenters. The van der Waals surface area contributed by atoms with E-state index in [2.05, 4.69) is 26.8 Å². The Morgan fingerprint density at radius 1 is 1.41 bits per heavy atom. The number of nitrogens with two attached hydrogens (primary N) is 1. The predicted molar refractivity (Wildman–Crippen MR) is 102 cm³/mol. The van der Waals surface area contributed by atoms with Crippen LogP contribution in [0.4, 0.5) is 0 Å². The zero-order valence-electron chi connectivity index (χ0n) is 16.0. The lowest BCUT2D eigenvalue weighted by Crippen LogP contribution is -2.89. The van der Waals surface area contributed by atoms with Gasteiger partial charge in [0.15, 0.2) is 5.65 Å². The van der Waals surface area contributed by atoms with E-state index in [1.165, 1.54) is 0 Å². The number of fused-ring (bicyclic) bond motifs is 1. The van der Waals surface area contributed by atoms with Crippen LogP contribution < -0.4 is 10.9 Å². The van der Waals surface area contributed by atoms with E-state index in [0.29, 0.717) is 22.4 Å². The first kappa shape index (κ1) is 19.1. The van der Waals surface area contributed by atoms with Gasteiger partial charge in [0.25, 0.3) is 5.91 Å². The van der Waals surface area contributed by atoms with E-state index in [1.807, 2.05) is 20.9 Å². The summed E-state index contributed by atoms with van der Waals surface area (Å²) in [5, 5.41) is 14.0. The molecular formula is C19H27N6O2+. The fourth-order valence-corrected chi connectivity index (χ4v) is 3.38. The molecule has 0 aromatic carbocycles. The summed E-state index contributed by atoms with van der Waals surface area (Å²) < 4.78 is 0. The van der Waals surface area contributed by atoms with Gasteiger partial charge in [-0.2, -0.15) is 5.21 Å². The fourth-order valence-electron chi connectivity index (χ4n) is 3.38. The lowest BCUT2D eigenvalue weighted by molar-refractivity contribution is -0.985. The van der Waals surface area contributed by atoms with E-state index < -0.39 is 0 Å². The number of nitrogens with one attached hydrogen (secondary N) is 2. The van der Waals surface area contributed by atoms with E-state index in [4.69, 9.17) is 0 Å². The molecule has 2 heterocycles. The van der Waals surface area contributed by atoms with Crippen LogP contribution in [0.2, 0.25) is 0 Å². The molecule has 0 bridgehead atoms. The Balaban J connectivity index is 2.00. The molecule has 2 aromatic rings. The summed E-state index contributed by atoms with van der Waals surface area (Å²) in [4.78, 5) is 24.5. The minimum atomic E-state index is -0.180. The van der Waals surface area contributed by atoms with Gasteiger partial charge in [0.1, 0.15) is 5.52 Å². The van der Waals surface area contributed by atoms with Crippen LogP contribution >= 0.6 is 0 Å². The molecule has 27 heavy (non-hydrogen) atoms. The summed E-state index contributed by atoms with van der Waals surface area (Å²) in [7, 11) is 1.82. The van der Waals surface area contributed by atoms with Gasteiger partial charge in [0, 0.05) is 12.2 Å². The van der Waals surface area contributed by atoms with Gasteiger partial charge in [-0.3, -0.25) is 4.79 Å². The van der Waals surface area contributed by atoms with Crippen molar-refractivity contribution in [1.82, 2.24) is 25.3 Å². The molecule has 0 saturated heterocycles. The van der Waals surface area contributed by atoms with Gasteiger partial charge in [-0.05, 0) is 50.7 Å². The van der Waals surface area contributed by atoms with Crippen molar-refractivity contribution in [2.45, 2.75) is 45.6 Å². The average molecular weight is 371 g/mol. The minimum Gasteiger partial charge on any atom is -0.350 e. The topological polar surface area (TPSA) is 111 Å². The maximum absolute atomic E-state index is 12.4. The molecule has 8 heteroatoms.